The summed E-state index contributed by atoms with van der Waals surface area (Å²) in [6.07, 6.45) is 1.68. The third-order valence-electron chi connectivity index (χ3n) is 1.93. The molecule has 0 atom stereocenters. The lowest BCUT2D eigenvalue weighted by molar-refractivity contribution is 0.0191. The lowest BCUT2D eigenvalue weighted by Gasteiger charge is -2.23. The van der Waals surface area contributed by atoms with Gasteiger partial charge in [-0.1, -0.05) is 11.6 Å². The largest absolute Gasteiger partial charge is 0.374 e. The van der Waals surface area contributed by atoms with E-state index in [0.29, 0.717) is 5.15 Å². The highest BCUT2D eigenvalue weighted by molar-refractivity contribution is 6.29. The van der Waals surface area contributed by atoms with Crippen LogP contribution >= 0.6 is 11.6 Å². The van der Waals surface area contributed by atoms with Gasteiger partial charge in [-0.2, -0.15) is 0 Å². The van der Waals surface area contributed by atoms with Crippen LogP contribution in [0.2, 0.25) is 5.15 Å². The van der Waals surface area contributed by atoms with E-state index in [9.17, 15) is 0 Å². The first-order valence-electron chi connectivity index (χ1n) is 3.73. The van der Waals surface area contributed by atoms with Crippen LogP contribution in [0.15, 0.2) is 18.3 Å². The number of rotatable bonds is 2. The van der Waals surface area contributed by atoms with E-state index in [0.717, 1.165) is 5.56 Å². The first-order valence-corrected chi connectivity index (χ1v) is 4.11. The molecule has 2 nitrogen and oxygen atoms in total. The van der Waals surface area contributed by atoms with E-state index < -0.39 is 0 Å². The molecule has 66 valence electrons. The van der Waals surface area contributed by atoms with Gasteiger partial charge in [-0.3, -0.25) is 0 Å². The standard InChI is InChI=1S/C9H12ClNO/c1-9(2,12-3)7-4-5-11-8(10)6-7/h4-6H,1-3H3. The third-order valence-corrected chi connectivity index (χ3v) is 2.14. The van der Waals surface area contributed by atoms with Crippen LogP contribution in [-0.2, 0) is 10.3 Å². The highest BCUT2D eigenvalue weighted by Gasteiger charge is 2.19. The summed E-state index contributed by atoms with van der Waals surface area (Å²) in [5.41, 5.74) is 0.733. The Morgan fingerprint density at radius 3 is 2.67 bits per heavy atom. The number of nitrogens with zero attached hydrogens (tertiary/aromatic N) is 1. The van der Waals surface area contributed by atoms with E-state index in [2.05, 4.69) is 4.98 Å². The van der Waals surface area contributed by atoms with Gasteiger partial charge in [0, 0.05) is 13.3 Å². The van der Waals surface area contributed by atoms with Crippen molar-refractivity contribution in [3.63, 3.8) is 0 Å². The molecule has 0 spiro atoms. The monoisotopic (exact) mass is 185 g/mol. The molecule has 1 rings (SSSR count). The number of methoxy groups -OCH3 is 1. The molecule has 0 bridgehead atoms. The predicted octanol–water partition coefficient (Wildman–Crippen LogP) is 2.62. The Bertz CT molecular complexity index is 273. The van der Waals surface area contributed by atoms with E-state index in [1.807, 2.05) is 26.0 Å². The number of ether oxygens (including phenoxy) is 1. The van der Waals surface area contributed by atoms with Crippen molar-refractivity contribution >= 4 is 11.6 Å². The van der Waals surface area contributed by atoms with Gasteiger partial charge in [-0.15, -0.1) is 0 Å². The summed E-state index contributed by atoms with van der Waals surface area (Å²) in [4.78, 5) is 3.90. The van der Waals surface area contributed by atoms with Crippen LogP contribution in [0, 0.1) is 0 Å². The molecule has 0 aliphatic heterocycles. The number of pyridine rings is 1. The van der Waals surface area contributed by atoms with Crippen molar-refractivity contribution < 1.29 is 4.74 Å². The Kier molecular flexibility index (Phi) is 2.70. The van der Waals surface area contributed by atoms with Crippen molar-refractivity contribution in [2.24, 2.45) is 0 Å². The number of hydrogen-bond acceptors (Lipinski definition) is 2. The molecule has 0 aliphatic rings. The van der Waals surface area contributed by atoms with E-state index in [4.69, 9.17) is 16.3 Å². The maximum atomic E-state index is 5.74. The Hall–Kier alpha value is -0.600. The number of halogens is 1. The number of hydrogen-bond donors (Lipinski definition) is 0. The highest BCUT2D eigenvalue weighted by atomic mass is 35.5. The minimum Gasteiger partial charge on any atom is -0.374 e. The molecule has 0 saturated carbocycles. The van der Waals surface area contributed by atoms with Crippen LogP contribution in [-0.4, -0.2) is 12.1 Å². The van der Waals surface area contributed by atoms with E-state index in [-0.39, 0.29) is 5.60 Å². The second kappa shape index (κ2) is 3.42. The minimum atomic E-state index is -0.299. The predicted molar refractivity (Wildman–Crippen MR) is 49.3 cm³/mol. The lowest BCUT2D eigenvalue weighted by atomic mass is 10.00. The van der Waals surface area contributed by atoms with Gasteiger partial charge in [-0.05, 0) is 31.5 Å². The van der Waals surface area contributed by atoms with Gasteiger partial charge in [-0.25, -0.2) is 4.98 Å². The van der Waals surface area contributed by atoms with Crippen LogP contribution in [0.5, 0.6) is 0 Å². The van der Waals surface area contributed by atoms with Crippen molar-refractivity contribution in [3.05, 3.63) is 29.0 Å². The van der Waals surface area contributed by atoms with Crippen LogP contribution < -0.4 is 0 Å². The van der Waals surface area contributed by atoms with Crippen molar-refractivity contribution in [2.75, 3.05) is 7.11 Å². The molecule has 0 amide bonds. The van der Waals surface area contributed by atoms with Gasteiger partial charge in [0.2, 0.25) is 0 Å². The first-order chi connectivity index (χ1) is 5.56. The summed E-state index contributed by atoms with van der Waals surface area (Å²) in [5.74, 6) is 0. The minimum absolute atomic E-state index is 0.299. The molecule has 0 fully saturated rings. The van der Waals surface area contributed by atoms with Gasteiger partial charge in [0.1, 0.15) is 5.15 Å². The highest BCUT2D eigenvalue weighted by Crippen LogP contribution is 2.24. The smallest absolute Gasteiger partial charge is 0.129 e. The Morgan fingerprint density at radius 2 is 2.17 bits per heavy atom. The summed E-state index contributed by atoms with van der Waals surface area (Å²) in [6.45, 7) is 3.97. The SMILES string of the molecule is COC(C)(C)c1ccnc(Cl)c1. The van der Waals surface area contributed by atoms with E-state index in [1.165, 1.54) is 0 Å². The second-order valence-electron chi connectivity index (χ2n) is 3.08. The van der Waals surface area contributed by atoms with E-state index >= 15 is 0 Å². The molecule has 0 saturated heterocycles. The Morgan fingerprint density at radius 1 is 1.50 bits per heavy atom. The Labute approximate surface area is 77.5 Å². The fourth-order valence-electron chi connectivity index (χ4n) is 0.895. The van der Waals surface area contributed by atoms with Gasteiger partial charge in [0.15, 0.2) is 0 Å². The fourth-order valence-corrected chi connectivity index (χ4v) is 1.07. The summed E-state index contributed by atoms with van der Waals surface area (Å²) >= 11 is 5.74. The van der Waals surface area contributed by atoms with Gasteiger partial charge >= 0.3 is 0 Å². The molecule has 3 heteroatoms. The Balaban J connectivity index is 3.03. The van der Waals surface area contributed by atoms with Crippen LogP contribution in [0.1, 0.15) is 19.4 Å². The normalized spacial score (nSPS) is 11.7. The lowest BCUT2D eigenvalue weighted by Crippen LogP contribution is -2.19. The maximum absolute atomic E-state index is 5.74. The average molecular weight is 186 g/mol. The molecule has 0 aromatic carbocycles. The third kappa shape index (κ3) is 1.96. The summed E-state index contributed by atoms with van der Waals surface area (Å²) in [6, 6.07) is 3.71. The van der Waals surface area contributed by atoms with Crippen molar-refractivity contribution in [3.8, 4) is 0 Å². The molecule has 1 heterocycles. The molecular weight excluding hydrogens is 174 g/mol. The molecule has 12 heavy (non-hydrogen) atoms. The van der Waals surface area contributed by atoms with Crippen molar-refractivity contribution in [1.82, 2.24) is 4.98 Å². The second-order valence-corrected chi connectivity index (χ2v) is 3.47. The summed E-state index contributed by atoms with van der Waals surface area (Å²) < 4.78 is 5.29. The topological polar surface area (TPSA) is 22.1 Å². The zero-order valence-corrected chi connectivity index (χ0v) is 8.22. The van der Waals surface area contributed by atoms with E-state index in [1.54, 1.807) is 13.3 Å². The molecule has 0 unspecified atom stereocenters. The van der Waals surface area contributed by atoms with Crippen LogP contribution in [0.4, 0.5) is 0 Å². The summed E-state index contributed by atoms with van der Waals surface area (Å²) in [5, 5.41) is 0.498. The van der Waals surface area contributed by atoms with Crippen LogP contribution in [0.25, 0.3) is 0 Å². The number of aromatic nitrogens is 1. The zero-order chi connectivity index (χ0) is 9.19. The van der Waals surface area contributed by atoms with Gasteiger partial charge in [0.25, 0.3) is 0 Å². The van der Waals surface area contributed by atoms with Crippen molar-refractivity contribution in [2.45, 2.75) is 19.4 Å². The fraction of sp³-hybridized carbons (Fsp3) is 0.444. The molecule has 1 aromatic rings. The summed E-state index contributed by atoms with van der Waals surface area (Å²) in [7, 11) is 1.67. The molecule has 0 radical (unpaired) electrons. The van der Waals surface area contributed by atoms with Gasteiger partial charge < -0.3 is 4.74 Å². The molecular formula is C9H12ClNO. The molecule has 0 aliphatic carbocycles. The van der Waals surface area contributed by atoms with Crippen LogP contribution in [0.3, 0.4) is 0 Å². The first kappa shape index (κ1) is 9.49. The zero-order valence-electron chi connectivity index (χ0n) is 7.47. The molecule has 0 N–H and O–H groups in total. The molecule has 1 aromatic heterocycles. The average Bonchev–Trinajstić information content (AvgIpc) is 2.05. The quantitative estimate of drug-likeness (QED) is 0.661. The maximum Gasteiger partial charge on any atom is 0.129 e. The van der Waals surface area contributed by atoms with Crippen molar-refractivity contribution in [1.29, 1.82) is 0 Å². The van der Waals surface area contributed by atoms with Gasteiger partial charge in [0.05, 0.1) is 5.60 Å².